The molecule has 0 saturated carbocycles. The van der Waals surface area contributed by atoms with E-state index in [1.165, 1.54) is 0 Å². The van der Waals surface area contributed by atoms with Crippen molar-refractivity contribution in [1.82, 2.24) is 14.8 Å². The molecule has 17 heavy (non-hydrogen) atoms. The number of aromatic nitrogens is 3. The van der Waals surface area contributed by atoms with Crippen molar-refractivity contribution in [1.29, 1.82) is 0 Å². The van der Waals surface area contributed by atoms with Gasteiger partial charge in [0.25, 0.3) is 0 Å². The molecule has 0 aliphatic carbocycles. The van der Waals surface area contributed by atoms with Gasteiger partial charge in [0.05, 0.1) is 6.10 Å². The zero-order valence-corrected chi connectivity index (χ0v) is 10.8. The SMILES string of the molecule is CC(C)(C)n1c(CO)nnc1CC1CCCO1. The van der Waals surface area contributed by atoms with Gasteiger partial charge in [-0.25, -0.2) is 0 Å². The van der Waals surface area contributed by atoms with Crippen molar-refractivity contribution in [2.45, 2.75) is 58.3 Å². The first-order chi connectivity index (χ1) is 8.02. The predicted molar refractivity (Wildman–Crippen MR) is 63.6 cm³/mol. The molecule has 0 bridgehead atoms. The zero-order chi connectivity index (χ0) is 12.5. The molecule has 1 unspecified atom stereocenters. The second-order valence-electron chi connectivity index (χ2n) is 5.54. The number of aliphatic hydroxyl groups excluding tert-OH is 1. The summed E-state index contributed by atoms with van der Waals surface area (Å²) in [7, 11) is 0. The predicted octanol–water partition coefficient (Wildman–Crippen LogP) is 1.25. The Balaban J connectivity index is 2.23. The van der Waals surface area contributed by atoms with Crippen LogP contribution in [0.1, 0.15) is 45.3 Å². The van der Waals surface area contributed by atoms with Crippen LogP contribution in [0.5, 0.6) is 0 Å². The highest BCUT2D eigenvalue weighted by Gasteiger charge is 2.25. The normalized spacial score (nSPS) is 21.1. The highest BCUT2D eigenvalue weighted by molar-refractivity contribution is 5.02. The summed E-state index contributed by atoms with van der Waals surface area (Å²) in [5, 5.41) is 17.5. The average Bonchev–Trinajstić information content (AvgIpc) is 2.85. The van der Waals surface area contributed by atoms with Crippen molar-refractivity contribution in [3.63, 3.8) is 0 Å². The molecule has 5 nitrogen and oxygen atoms in total. The molecule has 1 N–H and O–H groups in total. The summed E-state index contributed by atoms with van der Waals surface area (Å²) in [4.78, 5) is 0. The highest BCUT2D eigenvalue weighted by Crippen LogP contribution is 2.22. The summed E-state index contributed by atoms with van der Waals surface area (Å²) >= 11 is 0. The van der Waals surface area contributed by atoms with E-state index in [0.29, 0.717) is 5.82 Å². The van der Waals surface area contributed by atoms with E-state index in [2.05, 4.69) is 31.0 Å². The van der Waals surface area contributed by atoms with Gasteiger partial charge in [0.15, 0.2) is 5.82 Å². The van der Waals surface area contributed by atoms with Crippen LogP contribution in [0.4, 0.5) is 0 Å². The molecule has 2 rings (SSSR count). The van der Waals surface area contributed by atoms with Gasteiger partial charge in [0.2, 0.25) is 0 Å². The molecule has 1 saturated heterocycles. The Morgan fingerprint density at radius 3 is 2.59 bits per heavy atom. The van der Waals surface area contributed by atoms with Gasteiger partial charge in [0.1, 0.15) is 12.4 Å². The molecular weight excluding hydrogens is 218 g/mol. The Bertz CT molecular complexity index is 376. The van der Waals surface area contributed by atoms with E-state index in [4.69, 9.17) is 4.74 Å². The first kappa shape index (κ1) is 12.5. The van der Waals surface area contributed by atoms with E-state index in [9.17, 15) is 5.11 Å². The monoisotopic (exact) mass is 239 g/mol. The molecule has 0 amide bonds. The van der Waals surface area contributed by atoms with Crippen molar-refractivity contribution in [2.24, 2.45) is 0 Å². The molecule has 2 heterocycles. The molecule has 1 atom stereocenters. The van der Waals surface area contributed by atoms with Crippen LogP contribution in [0.15, 0.2) is 0 Å². The summed E-state index contributed by atoms with van der Waals surface area (Å²) in [5.41, 5.74) is -0.116. The summed E-state index contributed by atoms with van der Waals surface area (Å²) in [6.07, 6.45) is 3.25. The summed E-state index contributed by atoms with van der Waals surface area (Å²) in [6, 6.07) is 0. The van der Waals surface area contributed by atoms with E-state index in [0.717, 1.165) is 31.7 Å². The largest absolute Gasteiger partial charge is 0.388 e. The molecule has 1 aliphatic heterocycles. The van der Waals surface area contributed by atoms with Crippen LogP contribution in [-0.4, -0.2) is 32.6 Å². The molecule has 96 valence electrons. The lowest BCUT2D eigenvalue weighted by Crippen LogP contribution is -2.28. The van der Waals surface area contributed by atoms with Gasteiger partial charge in [-0.05, 0) is 33.6 Å². The summed E-state index contributed by atoms with van der Waals surface area (Å²) in [5.74, 6) is 1.54. The Morgan fingerprint density at radius 1 is 1.35 bits per heavy atom. The molecule has 5 heteroatoms. The third-order valence-electron chi connectivity index (χ3n) is 3.04. The Labute approximate surface area is 102 Å². The first-order valence-corrected chi connectivity index (χ1v) is 6.18. The standard InChI is InChI=1S/C12H21N3O2/c1-12(2,3)15-10(13-14-11(15)8-16)7-9-5-4-6-17-9/h9,16H,4-8H2,1-3H3. The third kappa shape index (κ3) is 2.66. The van der Waals surface area contributed by atoms with Crippen molar-refractivity contribution in [3.05, 3.63) is 11.6 Å². The quantitative estimate of drug-likeness (QED) is 0.862. The van der Waals surface area contributed by atoms with Gasteiger partial charge >= 0.3 is 0 Å². The van der Waals surface area contributed by atoms with E-state index in [1.807, 2.05) is 4.57 Å². The number of rotatable bonds is 3. The summed E-state index contributed by atoms with van der Waals surface area (Å²) < 4.78 is 7.65. The van der Waals surface area contributed by atoms with Crippen LogP contribution in [0.2, 0.25) is 0 Å². The lowest BCUT2D eigenvalue weighted by atomic mass is 10.1. The fourth-order valence-corrected chi connectivity index (χ4v) is 2.37. The number of ether oxygens (including phenoxy) is 1. The molecule has 0 spiro atoms. The number of hydrogen-bond donors (Lipinski definition) is 1. The first-order valence-electron chi connectivity index (χ1n) is 6.18. The lowest BCUT2D eigenvalue weighted by molar-refractivity contribution is 0.108. The van der Waals surface area contributed by atoms with Crippen molar-refractivity contribution in [2.75, 3.05) is 6.61 Å². The van der Waals surface area contributed by atoms with Crippen LogP contribution in [0.3, 0.4) is 0 Å². The Hall–Kier alpha value is -0.940. The smallest absolute Gasteiger partial charge is 0.159 e. The molecular formula is C12H21N3O2. The zero-order valence-electron chi connectivity index (χ0n) is 10.8. The van der Waals surface area contributed by atoms with Gasteiger partial charge in [-0.3, -0.25) is 0 Å². The maximum Gasteiger partial charge on any atom is 0.159 e. The van der Waals surface area contributed by atoms with E-state index in [1.54, 1.807) is 0 Å². The van der Waals surface area contributed by atoms with Crippen LogP contribution in [0, 0.1) is 0 Å². The van der Waals surface area contributed by atoms with Crippen LogP contribution in [-0.2, 0) is 23.3 Å². The Kier molecular flexibility index (Phi) is 3.49. The molecule has 1 aromatic heterocycles. The lowest BCUT2D eigenvalue weighted by Gasteiger charge is -2.25. The van der Waals surface area contributed by atoms with Crippen molar-refractivity contribution in [3.8, 4) is 0 Å². The fraction of sp³-hybridized carbons (Fsp3) is 0.833. The van der Waals surface area contributed by atoms with Crippen molar-refractivity contribution >= 4 is 0 Å². The number of nitrogens with zero attached hydrogens (tertiary/aromatic N) is 3. The second kappa shape index (κ2) is 4.74. The third-order valence-corrected chi connectivity index (χ3v) is 3.04. The van der Waals surface area contributed by atoms with E-state index in [-0.39, 0.29) is 18.2 Å². The number of aliphatic hydroxyl groups is 1. The molecule has 0 aromatic carbocycles. The topological polar surface area (TPSA) is 60.2 Å². The highest BCUT2D eigenvalue weighted by atomic mass is 16.5. The molecule has 1 aromatic rings. The maximum absolute atomic E-state index is 9.30. The van der Waals surface area contributed by atoms with E-state index >= 15 is 0 Å². The van der Waals surface area contributed by atoms with Gasteiger partial charge in [-0.2, -0.15) is 0 Å². The van der Waals surface area contributed by atoms with Gasteiger partial charge < -0.3 is 14.4 Å². The molecule has 1 aliphatic rings. The van der Waals surface area contributed by atoms with Crippen LogP contribution in [0.25, 0.3) is 0 Å². The summed E-state index contributed by atoms with van der Waals surface area (Å²) in [6.45, 7) is 7.05. The molecule has 1 fully saturated rings. The average molecular weight is 239 g/mol. The van der Waals surface area contributed by atoms with Gasteiger partial charge in [-0.15, -0.1) is 10.2 Å². The fourth-order valence-electron chi connectivity index (χ4n) is 2.37. The second-order valence-corrected chi connectivity index (χ2v) is 5.54. The van der Waals surface area contributed by atoms with Gasteiger partial charge in [0, 0.05) is 18.6 Å². The minimum atomic E-state index is -0.116. The maximum atomic E-state index is 9.30. The minimum Gasteiger partial charge on any atom is -0.388 e. The Morgan fingerprint density at radius 2 is 2.06 bits per heavy atom. The van der Waals surface area contributed by atoms with Gasteiger partial charge in [-0.1, -0.05) is 0 Å². The minimum absolute atomic E-state index is 0.0736. The van der Waals surface area contributed by atoms with Crippen LogP contribution < -0.4 is 0 Å². The number of hydrogen-bond acceptors (Lipinski definition) is 4. The van der Waals surface area contributed by atoms with Crippen molar-refractivity contribution < 1.29 is 9.84 Å². The van der Waals surface area contributed by atoms with Crippen LogP contribution >= 0.6 is 0 Å². The molecule has 0 radical (unpaired) electrons. The van der Waals surface area contributed by atoms with E-state index < -0.39 is 0 Å².